The second kappa shape index (κ2) is 9.99. The fraction of sp³-hybridized carbons (Fsp3) is 0.321. The Labute approximate surface area is 222 Å². The second-order valence-electron chi connectivity index (χ2n) is 9.37. The molecule has 1 atom stereocenters. The molecule has 2 aliphatic rings. The molecular weight excluding hydrogens is 504 g/mol. The maximum absolute atomic E-state index is 13.6. The lowest BCUT2D eigenvalue weighted by Gasteiger charge is -2.18. The Bertz CT molecular complexity index is 1770. The number of nitrogens with zero attached hydrogens (tertiary/aromatic N) is 4. The van der Waals surface area contributed by atoms with Crippen molar-refractivity contribution < 1.29 is 28.5 Å². The first-order valence-electron chi connectivity index (χ1n) is 12.8. The molecule has 11 nitrogen and oxygen atoms in total. The maximum atomic E-state index is 13.6. The summed E-state index contributed by atoms with van der Waals surface area (Å²) >= 11 is 0. The number of fused-ring (bicyclic) bond motifs is 3. The zero-order valence-electron chi connectivity index (χ0n) is 21.5. The monoisotopic (exact) mass is 530 g/mol. The van der Waals surface area contributed by atoms with Crippen molar-refractivity contribution in [2.45, 2.75) is 39.3 Å². The molecule has 6 rings (SSSR count). The molecule has 3 aromatic heterocycles. The number of carbonyl (C=O) groups is 2. The molecule has 0 radical (unpaired) electrons. The number of amides is 1. The summed E-state index contributed by atoms with van der Waals surface area (Å²) in [5.41, 5.74) is 1.50. The van der Waals surface area contributed by atoms with Crippen molar-refractivity contribution in [3.8, 4) is 11.5 Å². The smallest absolute Gasteiger partial charge is 0.341 e. The third kappa shape index (κ3) is 4.44. The van der Waals surface area contributed by atoms with Crippen molar-refractivity contribution in [2.24, 2.45) is 4.99 Å². The van der Waals surface area contributed by atoms with Gasteiger partial charge in [-0.2, -0.15) is 4.99 Å². The minimum absolute atomic E-state index is 0.0112. The van der Waals surface area contributed by atoms with Crippen LogP contribution >= 0.6 is 0 Å². The van der Waals surface area contributed by atoms with E-state index in [1.807, 2.05) is 13.0 Å². The highest BCUT2D eigenvalue weighted by atomic mass is 16.7. The van der Waals surface area contributed by atoms with Gasteiger partial charge in [-0.05, 0) is 62.6 Å². The molecule has 1 aromatic carbocycles. The lowest BCUT2D eigenvalue weighted by Crippen LogP contribution is -2.35. The summed E-state index contributed by atoms with van der Waals surface area (Å²) in [5.74, 6) is -0.340. The van der Waals surface area contributed by atoms with Gasteiger partial charge in [0.05, 0.1) is 24.6 Å². The molecule has 0 N–H and O–H groups in total. The number of esters is 1. The van der Waals surface area contributed by atoms with Crippen LogP contribution < -0.4 is 20.5 Å². The van der Waals surface area contributed by atoms with Crippen LogP contribution in [-0.4, -0.2) is 51.9 Å². The number of aromatic nitrogens is 3. The normalized spacial score (nSPS) is 16.8. The molecule has 0 spiro atoms. The Morgan fingerprint density at radius 2 is 2.00 bits per heavy atom. The molecule has 11 heteroatoms. The quantitative estimate of drug-likeness (QED) is 0.285. The van der Waals surface area contributed by atoms with Crippen molar-refractivity contribution in [2.75, 3.05) is 20.0 Å². The molecule has 0 saturated carbocycles. The van der Waals surface area contributed by atoms with Crippen molar-refractivity contribution in [1.29, 1.82) is 0 Å². The van der Waals surface area contributed by atoms with Crippen LogP contribution in [0.5, 0.6) is 11.5 Å². The Morgan fingerprint density at radius 1 is 1.15 bits per heavy atom. The van der Waals surface area contributed by atoms with Crippen molar-refractivity contribution in [3.63, 3.8) is 0 Å². The van der Waals surface area contributed by atoms with E-state index in [1.54, 1.807) is 42.0 Å². The number of hydrogen-bond donors (Lipinski definition) is 0. The number of pyridine rings is 2. The SMILES string of the molecule is CCOC(=O)c1cc2c(=O)n3cccc(C)c3nc2n(C[C@H]2CCCO2)c1=NC(=O)c1ccc2c(c1)OCO2. The van der Waals surface area contributed by atoms with E-state index in [-0.39, 0.29) is 53.6 Å². The number of aryl methyl sites for hydroxylation is 1. The zero-order chi connectivity index (χ0) is 27.1. The summed E-state index contributed by atoms with van der Waals surface area (Å²) in [6.07, 6.45) is 3.08. The van der Waals surface area contributed by atoms with E-state index in [0.29, 0.717) is 29.4 Å². The molecule has 200 valence electrons. The second-order valence-corrected chi connectivity index (χ2v) is 9.37. The molecule has 0 aliphatic carbocycles. The molecule has 0 unspecified atom stereocenters. The Hall–Kier alpha value is -4.51. The predicted octanol–water partition coefficient (Wildman–Crippen LogP) is 2.78. The third-order valence-electron chi connectivity index (χ3n) is 6.84. The van der Waals surface area contributed by atoms with Gasteiger partial charge in [-0.3, -0.25) is 14.0 Å². The summed E-state index contributed by atoms with van der Waals surface area (Å²) in [7, 11) is 0. The average molecular weight is 531 g/mol. The minimum atomic E-state index is -0.702. The van der Waals surface area contributed by atoms with Crippen LogP contribution in [0.3, 0.4) is 0 Å². The van der Waals surface area contributed by atoms with Crippen LogP contribution in [0.4, 0.5) is 0 Å². The minimum Gasteiger partial charge on any atom is -0.462 e. The lowest BCUT2D eigenvalue weighted by molar-refractivity contribution is 0.0521. The molecule has 2 aliphatic heterocycles. The van der Waals surface area contributed by atoms with Crippen molar-refractivity contribution in [1.82, 2.24) is 14.0 Å². The first kappa shape index (κ1) is 24.8. The summed E-state index contributed by atoms with van der Waals surface area (Å²) in [4.78, 5) is 49.5. The summed E-state index contributed by atoms with van der Waals surface area (Å²) in [6.45, 7) is 4.55. The lowest BCUT2D eigenvalue weighted by atomic mass is 10.1. The van der Waals surface area contributed by atoms with Gasteiger partial charge < -0.3 is 23.5 Å². The van der Waals surface area contributed by atoms with Gasteiger partial charge in [0, 0.05) is 18.4 Å². The number of hydrogen-bond acceptors (Lipinski definition) is 8. The summed E-state index contributed by atoms with van der Waals surface area (Å²) < 4.78 is 25.0. The van der Waals surface area contributed by atoms with Crippen LogP contribution in [0.1, 0.15) is 46.0 Å². The molecule has 1 fully saturated rings. The van der Waals surface area contributed by atoms with Gasteiger partial charge in [0.25, 0.3) is 11.5 Å². The van der Waals surface area contributed by atoms with Crippen LogP contribution in [-0.2, 0) is 16.0 Å². The van der Waals surface area contributed by atoms with E-state index in [1.165, 1.54) is 10.5 Å². The fourth-order valence-electron chi connectivity index (χ4n) is 4.92. The highest BCUT2D eigenvalue weighted by Gasteiger charge is 2.24. The van der Waals surface area contributed by atoms with E-state index in [4.69, 9.17) is 23.9 Å². The Kier molecular flexibility index (Phi) is 6.35. The van der Waals surface area contributed by atoms with Gasteiger partial charge >= 0.3 is 5.97 Å². The molecule has 1 saturated heterocycles. The first-order chi connectivity index (χ1) is 18.9. The summed E-state index contributed by atoms with van der Waals surface area (Å²) in [5, 5.41) is 0.202. The van der Waals surface area contributed by atoms with Gasteiger partial charge in [-0.25, -0.2) is 9.78 Å². The van der Waals surface area contributed by atoms with Crippen LogP contribution in [0, 0.1) is 6.92 Å². The fourth-order valence-corrected chi connectivity index (χ4v) is 4.92. The van der Waals surface area contributed by atoms with Gasteiger partial charge in [0.1, 0.15) is 16.9 Å². The predicted molar refractivity (Wildman–Crippen MR) is 139 cm³/mol. The van der Waals surface area contributed by atoms with E-state index < -0.39 is 11.9 Å². The molecule has 5 heterocycles. The zero-order valence-corrected chi connectivity index (χ0v) is 21.5. The van der Waals surface area contributed by atoms with Gasteiger partial charge in [0.15, 0.2) is 17.0 Å². The molecule has 0 bridgehead atoms. The Morgan fingerprint density at radius 3 is 2.79 bits per heavy atom. The molecule has 39 heavy (non-hydrogen) atoms. The maximum Gasteiger partial charge on any atom is 0.341 e. The van der Waals surface area contributed by atoms with E-state index in [0.717, 1.165) is 18.4 Å². The Balaban J connectivity index is 1.66. The van der Waals surface area contributed by atoms with Crippen molar-refractivity contribution >= 4 is 28.6 Å². The highest BCUT2D eigenvalue weighted by molar-refractivity contribution is 5.97. The van der Waals surface area contributed by atoms with Gasteiger partial charge in [0.2, 0.25) is 6.79 Å². The molecule has 1 amide bonds. The standard InChI is InChI=1S/C28H26N4O7/c1-3-36-28(35)20-13-19-24(29-23-16(2)6-4-10-31(23)27(19)34)32(14-18-7-5-11-37-18)25(20)30-26(33)17-8-9-21-22(12-17)39-15-38-21/h4,6,8-10,12-13,18H,3,5,7,11,14-15H2,1-2H3/t18-/m1/s1. The average Bonchev–Trinajstić information content (AvgIpc) is 3.62. The number of carbonyl (C=O) groups excluding carboxylic acids is 2. The van der Waals surface area contributed by atoms with E-state index in [9.17, 15) is 14.4 Å². The number of benzene rings is 1. The highest BCUT2D eigenvalue weighted by Crippen LogP contribution is 2.32. The summed E-state index contributed by atoms with van der Waals surface area (Å²) in [6, 6.07) is 9.80. The number of rotatable bonds is 5. The topological polar surface area (TPSA) is 123 Å². The van der Waals surface area contributed by atoms with Gasteiger partial charge in [-0.15, -0.1) is 0 Å². The van der Waals surface area contributed by atoms with Gasteiger partial charge in [-0.1, -0.05) is 6.07 Å². The van der Waals surface area contributed by atoms with E-state index >= 15 is 0 Å². The largest absolute Gasteiger partial charge is 0.462 e. The molecular formula is C28H26N4O7. The van der Waals surface area contributed by atoms with Crippen molar-refractivity contribution in [3.05, 3.63) is 75.1 Å². The third-order valence-corrected chi connectivity index (χ3v) is 6.84. The van der Waals surface area contributed by atoms with Crippen LogP contribution in [0.25, 0.3) is 16.7 Å². The van der Waals surface area contributed by atoms with E-state index in [2.05, 4.69) is 4.99 Å². The van der Waals surface area contributed by atoms with Crippen LogP contribution in [0.2, 0.25) is 0 Å². The molecule has 4 aromatic rings. The number of ether oxygens (including phenoxy) is 4. The first-order valence-corrected chi connectivity index (χ1v) is 12.8. The van der Waals surface area contributed by atoms with Crippen LogP contribution in [0.15, 0.2) is 52.4 Å².